The molecule has 1 atom stereocenters. The zero-order valence-corrected chi connectivity index (χ0v) is 15.1. The van der Waals surface area contributed by atoms with E-state index in [0.29, 0.717) is 11.1 Å². The van der Waals surface area contributed by atoms with Crippen molar-refractivity contribution >= 4 is 23.5 Å². The van der Waals surface area contributed by atoms with Crippen molar-refractivity contribution in [3.05, 3.63) is 59.2 Å². The molecule has 2 heterocycles. The third-order valence-electron chi connectivity index (χ3n) is 4.46. The second kappa shape index (κ2) is 6.50. The molecule has 1 unspecified atom stereocenters. The van der Waals surface area contributed by atoms with Gasteiger partial charge < -0.3 is 15.8 Å². The fourth-order valence-corrected chi connectivity index (χ4v) is 3.08. The monoisotopic (exact) mass is 402 g/mol. The Balaban J connectivity index is 1.62. The number of hydrogen-bond acceptors (Lipinski definition) is 7. The van der Waals surface area contributed by atoms with E-state index in [-0.39, 0.29) is 17.4 Å². The van der Waals surface area contributed by atoms with Crippen molar-refractivity contribution in [3.8, 4) is 5.75 Å². The van der Waals surface area contributed by atoms with Gasteiger partial charge in [-0.3, -0.25) is 9.59 Å². The van der Waals surface area contributed by atoms with Gasteiger partial charge in [0.1, 0.15) is 0 Å². The minimum atomic E-state index is -3.96. The number of aryl methyl sites for hydroxylation is 1. The van der Waals surface area contributed by atoms with E-state index in [4.69, 9.17) is 11.6 Å². The van der Waals surface area contributed by atoms with E-state index in [2.05, 4.69) is 15.0 Å². The summed E-state index contributed by atoms with van der Waals surface area (Å²) in [7, 11) is 0. The molecule has 4 rings (SSSR count). The van der Waals surface area contributed by atoms with E-state index in [1.807, 2.05) is 13.0 Å². The lowest BCUT2D eigenvalue weighted by Crippen LogP contribution is -2.52. The number of anilines is 1. The van der Waals surface area contributed by atoms with Gasteiger partial charge >= 0.3 is 12.0 Å². The molecule has 2 aliphatic heterocycles. The second-order valence-corrected chi connectivity index (χ2v) is 6.56. The number of nitrogens with two attached hydrogens (primary N) is 2. The minimum absolute atomic E-state index is 0.0315. The molecule has 2 aliphatic rings. The maximum Gasteiger partial charge on any atom is 0.482 e. The van der Waals surface area contributed by atoms with Gasteiger partial charge in [0.05, 0.1) is 5.69 Å². The van der Waals surface area contributed by atoms with Gasteiger partial charge in [0.15, 0.2) is 11.9 Å². The van der Waals surface area contributed by atoms with Crippen molar-refractivity contribution in [2.75, 3.05) is 5.32 Å². The lowest BCUT2D eigenvalue weighted by atomic mass is 10.1. The van der Waals surface area contributed by atoms with Gasteiger partial charge in [-0.05, 0) is 36.8 Å². The Bertz CT molecular complexity index is 1060. The van der Waals surface area contributed by atoms with Gasteiger partial charge in [0.2, 0.25) is 5.96 Å². The number of carbonyl (C=O) groups excluding carboxylic acids is 2. The van der Waals surface area contributed by atoms with E-state index in [0.717, 1.165) is 15.7 Å². The Morgan fingerprint density at radius 3 is 2.76 bits per heavy atom. The van der Waals surface area contributed by atoms with Crippen molar-refractivity contribution in [3.63, 3.8) is 0 Å². The minimum Gasteiger partial charge on any atom is -0.423 e. The lowest BCUT2D eigenvalue weighted by Gasteiger charge is -2.28. The second-order valence-electron chi connectivity index (χ2n) is 6.56. The van der Waals surface area contributed by atoms with Crippen LogP contribution in [0.2, 0.25) is 0 Å². The Kier molecular flexibility index (Phi) is 4.21. The fraction of sp³-hybridized carbons (Fsp3) is 0.167. The number of nitrogens with one attached hydrogen (secondary N) is 1. The van der Waals surface area contributed by atoms with Crippen molar-refractivity contribution in [2.24, 2.45) is 16.6 Å². The van der Waals surface area contributed by atoms with Crippen LogP contribution < -0.4 is 21.6 Å². The Labute approximate surface area is 163 Å². The predicted molar refractivity (Wildman–Crippen MR) is 98.4 cm³/mol. The highest BCUT2D eigenvalue weighted by Gasteiger charge is 2.46. The number of benzene rings is 2. The molecule has 0 bridgehead atoms. The molecule has 2 amide bonds. The van der Waals surface area contributed by atoms with Crippen LogP contribution in [0.4, 0.5) is 14.5 Å². The standard InChI is InChI=1S/C18H16F2N6O3/c1-9-3-2-4-11(7-9)15(27)25-17(21)24-14(26(25)22)10-5-6-13-12(8-10)23-16(28)18(19,20)29-13/h2-8,14H,22H2,1H3,(H2,21,24)(H,23,28). The Morgan fingerprint density at radius 1 is 1.28 bits per heavy atom. The van der Waals surface area contributed by atoms with Crippen LogP contribution in [0, 0.1) is 6.92 Å². The van der Waals surface area contributed by atoms with Gasteiger partial charge in [0.25, 0.3) is 5.91 Å². The average Bonchev–Trinajstić information content (AvgIpc) is 2.96. The molecule has 0 radical (unpaired) electrons. The van der Waals surface area contributed by atoms with Crippen molar-refractivity contribution in [1.82, 2.24) is 10.1 Å². The molecule has 9 nitrogen and oxygen atoms in total. The highest BCUT2D eigenvalue weighted by molar-refractivity contribution is 6.05. The van der Waals surface area contributed by atoms with E-state index in [9.17, 15) is 18.4 Å². The predicted octanol–water partition coefficient (Wildman–Crippen LogP) is 1.48. The van der Waals surface area contributed by atoms with Crippen LogP contribution in [0.15, 0.2) is 47.5 Å². The molecule has 11 heteroatoms. The highest BCUT2D eigenvalue weighted by Crippen LogP contribution is 2.38. The van der Waals surface area contributed by atoms with E-state index in [1.165, 1.54) is 18.2 Å². The number of aliphatic imine (C=N–C) groups is 1. The first kappa shape index (κ1) is 18.8. The van der Waals surface area contributed by atoms with Crippen LogP contribution in [0.25, 0.3) is 0 Å². The molecular formula is C18H16F2N6O3. The van der Waals surface area contributed by atoms with Crippen LogP contribution in [0.1, 0.15) is 27.7 Å². The van der Waals surface area contributed by atoms with Crippen molar-refractivity contribution in [1.29, 1.82) is 0 Å². The maximum atomic E-state index is 13.4. The summed E-state index contributed by atoms with van der Waals surface area (Å²) in [6, 6.07) is 10.9. The number of alkyl halides is 2. The number of carbonyl (C=O) groups is 2. The van der Waals surface area contributed by atoms with Gasteiger partial charge in [-0.2, -0.15) is 13.8 Å². The third-order valence-corrected chi connectivity index (χ3v) is 4.46. The summed E-state index contributed by atoms with van der Waals surface area (Å²) in [5.74, 6) is 3.68. The molecule has 29 heavy (non-hydrogen) atoms. The maximum absolute atomic E-state index is 13.4. The topological polar surface area (TPSA) is 126 Å². The number of halogens is 2. The molecule has 0 aliphatic carbocycles. The quantitative estimate of drug-likeness (QED) is 0.653. The van der Waals surface area contributed by atoms with Crippen LogP contribution in [-0.4, -0.2) is 34.0 Å². The third kappa shape index (κ3) is 3.15. The summed E-state index contributed by atoms with van der Waals surface area (Å²) < 4.78 is 31.2. The highest BCUT2D eigenvalue weighted by atomic mass is 19.3. The molecule has 0 fully saturated rings. The normalized spacial score (nSPS) is 20.6. The molecule has 2 aromatic carbocycles. The van der Waals surface area contributed by atoms with Gasteiger partial charge in [0, 0.05) is 5.56 Å². The van der Waals surface area contributed by atoms with Gasteiger partial charge in [-0.15, -0.1) is 5.12 Å². The van der Waals surface area contributed by atoms with Crippen LogP contribution >= 0.6 is 0 Å². The molecule has 0 aromatic heterocycles. The summed E-state index contributed by atoms with van der Waals surface area (Å²) >= 11 is 0. The first-order chi connectivity index (χ1) is 13.7. The number of rotatable bonds is 2. The smallest absolute Gasteiger partial charge is 0.423 e. The van der Waals surface area contributed by atoms with Crippen LogP contribution in [0.3, 0.4) is 0 Å². The number of hydrazine groups is 2. The zero-order valence-electron chi connectivity index (χ0n) is 15.1. The van der Waals surface area contributed by atoms with Crippen LogP contribution in [0.5, 0.6) is 5.75 Å². The summed E-state index contributed by atoms with van der Waals surface area (Å²) in [6.45, 7) is 1.84. The molecule has 0 saturated heterocycles. The average molecular weight is 402 g/mol. The number of hydrogen-bond donors (Lipinski definition) is 3. The molecule has 0 saturated carbocycles. The zero-order chi connectivity index (χ0) is 20.9. The molecule has 2 aromatic rings. The number of guanidine groups is 1. The van der Waals surface area contributed by atoms with Crippen LogP contribution in [-0.2, 0) is 4.79 Å². The molecular weight excluding hydrogens is 386 g/mol. The summed E-state index contributed by atoms with van der Waals surface area (Å²) in [4.78, 5) is 28.4. The van der Waals surface area contributed by atoms with Gasteiger partial charge in [-0.1, -0.05) is 23.8 Å². The molecule has 0 spiro atoms. The molecule has 150 valence electrons. The number of fused-ring (bicyclic) bond motifs is 1. The lowest BCUT2D eigenvalue weighted by molar-refractivity contribution is -0.189. The number of amides is 2. The SMILES string of the molecule is Cc1cccc(C(=O)N2C(N)=NC(c3ccc4c(c3)NC(=O)C(F)(F)O4)N2N)c1. The first-order valence-corrected chi connectivity index (χ1v) is 8.48. The fourth-order valence-electron chi connectivity index (χ4n) is 3.08. The number of nitrogens with zero attached hydrogens (tertiary/aromatic N) is 3. The van der Waals surface area contributed by atoms with E-state index >= 15 is 0 Å². The largest absolute Gasteiger partial charge is 0.482 e. The van der Waals surface area contributed by atoms with E-state index < -0.39 is 24.1 Å². The summed E-state index contributed by atoms with van der Waals surface area (Å²) in [5.41, 5.74) is 7.60. The van der Waals surface area contributed by atoms with Crippen molar-refractivity contribution < 1.29 is 23.1 Å². The first-order valence-electron chi connectivity index (χ1n) is 8.48. The Hall–Kier alpha value is -3.57. The van der Waals surface area contributed by atoms with E-state index in [1.54, 1.807) is 18.2 Å². The summed E-state index contributed by atoms with van der Waals surface area (Å²) in [6.07, 6.45) is -4.87. The Morgan fingerprint density at radius 2 is 2.03 bits per heavy atom. The van der Waals surface area contributed by atoms with Crippen molar-refractivity contribution in [2.45, 2.75) is 19.2 Å². The summed E-state index contributed by atoms with van der Waals surface area (Å²) in [5, 5.41) is 4.12. The number of ether oxygens (including phenoxy) is 1. The molecule has 5 N–H and O–H groups in total. The van der Waals surface area contributed by atoms with Gasteiger partial charge in [-0.25, -0.2) is 10.8 Å².